The first-order valence-corrected chi connectivity index (χ1v) is 6.58. The van der Waals surface area contributed by atoms with Crippen LogP contribution in [0.5, 0.6) is 0 Å². The smallest absolute Gasteiger partial charge is 0.131 e. The van der Waals surface area contributed by atoms with Crippen LogP contribution in [0.4, 0.5) is 11.6 Å². The van der Waals surface area contributed by atoms with Crippen molar-refractivity contribution in [2.75, 3.05) is 30.3 Å². The van der Waals surface area contributed by atoms with Gasteiger partial charge in [-0.3, -0.25) is 0 Å². The van der Waals surface area contributed by atoms with Crippen LogP contribution in [0.3, 0.4) is 0 Å². The fourth-order valence-corrected chi connectivity index (χ4v) is 2.04. The fourth-order valence-electron chi connectivity index (χ4n) is 2.04. The maximum Gasteiger partial charge on any atom is 0.131 e. The maximum atomic E-state index is 4.25. The lowest BCUT2D eigenvalue weighted by Crippen LogP contribution is -2.26. The zero-order valence-corrected chi connectivity index (χ0v) is 11.5. The van der Waals surface area contributed by atoms with Gasteiger partial charge in [-0.25, -0.2) is 9.97 Å². The van der Waals surface area contributed by atoms with E-state index in [2.05, 4.69) is 46.7 Å². The number of rotatable bonds is 4. The van der Waals surface area contributed by atoms with Crippen LogP contribution in [0.15, 0.2) is 12.4 Å². The van der Waals surface area contributed by atoms with Crippen molar-refractivity contribution in [3.8, 4) is 0 Å². The first-order chi connectivity index (χ1) is 8.53. The van der Waals surface area contributed by atoms with Crippen molar-refractivity contribution >= 4 is 11.6 Å². The van der Waals surface area contributed by atoms with Crippen molar-refractivity contribution in [1.29, 1.82) is 0 Å². The molecule has 1 aliphatic heterocycles. The molecule has 3 N–H and O–H groups in total. The highest BCUT2D eigenvalue weighted by Gasteiger charge is 2.14. The van der Waals surface area contributed by atoms with Gasteiger partial charge in [0.15, 0.2) is 0 Å². The molecule has 0 aliphatic carbocycles. The zero-order valence-electron chi connectivity index (χ0n) is 11.5. The summed E-state index contributed by atoms with van der Waals surface area (Å²) in [4.78, 5) is 8.48. The molecule has 2 heterocycles. The topological polar surface area (TPSA) is 61.9 Å². The van der Waals surface area contributed by atoms with Gasteiger partial charge in [0.1, 0.15) is 18.0 Å². The molecule has 5 nitrogen and oxygen atoms in total. The highest BCUT2D eigenvalue weighted by Crippen LogP contribution is 2.15. The van der Waals surface area contributed by atoms with Crippen LogP contribution >= 0.6 is 0 Å². The third kappa shape index (κ3) is 4.14. The second-order valence-corrected chi connectivity index (χ2v) is 5.90. The predicted octanol–water partition coefficient (Wildman–Crippen LogP) is 1.71. The Hall–Kier alpha value is -1.36. The molecule has 1 fully saturated rings. The summed E-state index contributed by atoms with van der Waals surface area (Å²) in [6, 6.07) is 1.97. The maximum absolute atomic E-state index is 4.25. The Morgan fingerprint density at radius 3 is 2.78 bits per heavy atom. The Bertz CT molecular complexity index is 379. The summed E-state index contributed by atoms with van der Waals surface area (Å²) < 4.78 is 0. The molecule has 1 saturated heterocycles. The molecule has 1 aromatic rings. The van der Waals surface area contributed by atoms with Crippen molar-refractivity contribution in [3.05, 3.63) is 12.4 Å². The molecule has 1 atom stereocenters. The van der Waals surface area contributed by atoms with E-state index in [4.69, 9.17) is 0 Å². The van der Waals surface area contributed by atoms with Gasteiger partial charge in [0.2, 0.25) is 0 Å². The number of aromatic nitrogens is 2. The number of nitrogens with zero attached hydrogens (tertiary/aromatic N) is 2. The molecule has 0 amide bonds. The minimum absolute atomic E-state index is 0.0149. The molecule has 2 rings (SSSR count). The lowest BCUT2D eigenvalue weighted by atomic mass is 10.1. The third-order valence-corrected chi connectivity index (χ3v) is 2.90. The van der Waals surface area contributed by atoms with Crippen LogP contribution in [0.2, 0.25) is 0 Å². The lowest BCUT2D eigenvalue weighted by molar-refractivity contribution is 0.613. The molecule has 0 bridgehead atoms. The van der Waals surface area contributed by atoms with Crippen LogP contribution in [0.25, 0.3) is 0 Å². The monoisotopic (exact) mass is 249 g/mol. The van der Waals surface area contributed by atoms with Gasteiger partial charge in [0, 0.05) is 18.2 Å². The largest absolute Gasteiger partial charge is 0.370 e. The minimum Gasteiger partial charge on any atom is -0.370 e. The summed E-state index contributed by atoms with van der Waals surface area (Å²) in [5, 5.41) is 10.1. The van der Waals surface area contributed by atoms with Gasteiger partial charge in [0.05, 0.1) is 0 Å². The van der Waals surface area contributed by atoms with E-state index in [1.807, 2.05) is 6.07 Å². The van der Waals surface area contributed by atoms with Gasteiger partial charge in [-0.2, -0.15) is 0 Å². The summed E-state index contributed by atoms with van der Waals surface area (Å²) in [6.45, 7) is 9.56. The van der Waals surface area contributed by atoms with Gasteiger partial charge in [-0.15, -0.1) is 0 Å². The van der Waals surface area contributed by atoms with Crippen molar-refractivity contribution in [1.82, 2.24) is 15.3 Å². The zero-order chi connectivity index (χ0) is 13.0. The molecule has 0 saturated carbocycles. The van der Waals surface area contributed by atoms with E-state index in [9.17, 15) is 0 Å². The summed E-state index contributed by atoms with van der Waals surface area (Å²) in [5.41, 5.74) is 0.0149. The predicted molar refractivity (Wildman–Crippen MR) is 74.9 cm³/mol. The standard InChI is InChI=1S/C13H23N5/c1-13(2,3)18-12-6-11(16-9-17-12)15-8-10-4-5-14-7-10/h6,9-10,14H,4-5,7-8H2,1-3H3,(H2,15,16,17,18). The van der Waals surface area contributed by atoms with Crippen molar-refractivity contribution in [2.45, 2.75) is 32.7 Å². The molecule has 1 aromatic heterocycles. The van der Waals surface area contributed by atoms with E-state index in [0.29, 0.717) is 5.92 Å². The molecule has 100 valence electrons. The molecule has 0 radical (unpaired) electrons. The summed E-state index contributed by atoms with van der Waals surface area (Å²) in [7, 11) is 0. The van der Waals surface area contributed by atoms with Gasteiger partial charge in [-0.1, -0.05) is 0 Å². The van der Waals surface area contributed by atoms with Crippen molar-refractivity contribution < 1.29 is 0 Å². The van der Waals surface area contributed by atoms with E-state index < -0.39 is 0 Å². The van der Waals surface area contributed by atoms with Crippen LogP contribution in [-0.4, -0.2) is 35.1 Å². The first-order valence-electron chi connectivity index (χ1n) is 6.58. The highest BCUT2D eigenvalue weighted by atomic mass is 15.1. The second kappa shape index (κ2) is 5.52. The van der Waals surface area contributed by atoms with Gasteiger partial charge in [0.25, 0.3) is 0 Å². The Morgan fingerprint density at radius 1 is 1.33 bits per heavy atom. The van der Waals surface area contributed by atoms with Crippen molar-refractivity contribution in [2.24, 2.45) is 5.92 Å². The van der Waals surface area contributed by atoms with Crippen LogP contribution in [0.1, 0.15) is 27.2 Å². The fraction of sp³-hybridized carbons (Fsp3) is 0.692. The SMILES string of the molecule is CC(C)(C)Nc1cc(NCC2CCNC2)ncn1. The van der Waals surface area contributed by atoms with Gasteiger partial charge < -0.3 is 16.0 Å². The van der Waals surface area contributed by atoms with Crippen molar-refractivity contribution in [3.63, 3.8) is 0 Å². The Morgan fingerprint density at radius 2 is 2.11 bits per heavy atom. The molecule has 1 unspecified atom stereocenters. The molecule has 0 spiro atoms. The second-order valence-electron chi connectivity index (χ2n) is 5.90. The number of hydrogen-bond acceptors (Lipinski definition) is 5. The molecule has 5 heteroatoms. The average molecular weight is 249 g/mol. The van der Waals surface area contributed by atoms with Crippen LogP contribution in [-0.2, 0) is 0 Å². The molecule has 0 aromatic carbocycles. The Balaban J connectivity index is 1.90. The number of hydrogen-bond donors (Lipinski definition) is 3. The van der Waals surface area contributed by atoms with E-state index in [1.165, 1.54) is 6.42 Å². The Kier molecular flexibility index (Phi) is 4.01. The first kappa shape index (κ1) is 13.1. The van der Waals surface area contributed by atoms with E-state index in [0.717, 1.165) is 31.3 Å². The number of anilines is 2. The summed E-state index contributed by atoms with van der Waals surface area (Å²) >= 11 is 0. The molecule has 18 heavy (non-hydrogen) atoms. The minimum atomic E-state index is 0.0149. The van der Waals surface area contributed by atoms with Crippen LogP contribution < -0.4 is 16.0 Å². The van der Waals surface area contributed by atoms with E-state index in [1.54, 1.807) is 6.33 Å². The number of nitrogens with one attached hydrogen (secondary N) is 3. The summed E-state index contributed by atoms with van der Waals surface area (Å²) in [5.74, 6) is 2.46. The normalized spacial score (nSPS) is 19.8. The average Bonchev–Trinajstić information content (AvgIpc) is 2.77. The van der Waals surface area contributed by atoms with Gasteiger partial charge in [-0.05, 0) is 46.2 Å². The highest BCUT2D eigenvalue weighted by molar-refractivity contribution is 5.47. The van der Waals surface area contributed by atoms with Gasteiger partial charge >= 0.3 is 0 Å². The molecule has 1 aliphatic rings. The third-order valence-electron chi connectivity index (χ3n) is 2.90. The molecular weight excluding hydrogens is 226 g/mol. The lowest BCUT2D eigenvalue weighted by Gasteiger charge is -2.21. The quantitative estimate of drug-likeness (QED) is 0.758. The summed E-state index contributed by atoms with van der Waals surface area (Å²) in [6.07, 6.45) is 2.84. The van der Waals surface area contributed by atoms with E-state index in [-0.39, 0.29) is 5.54 Å². The molecular formula is C13H23N5. The Labute approximate surface area is 109 Å². The van der Waals surface area contributed by atoms with E-state index >= 15 is 0 Å². The van der Waals surface area contributed by atoms with Crippen LogP contribution in [0, 0.1) is 5.92 Å².